The van der Waals surface area contributed by atoms with E-state index in [1.165, 1.54) is 48.8 Å². The number of para-hydroxylation sites is 1. The van der Waals surface area contributed by atoms with Gasteiger partial charge in [0.1, 0.15) is 11.2 Å². The SMILES string of the molecule is c1ccc(-c2cc(-c3ccc(-c4ccc(-c5cccc6c5oc5c7ccccc7c(-c7ccc8c9ccccc9c9ccccc9c8c7)cc65)cc4)cc3)nc(-c3ccccc3)n2)cc1. The van der Waals surface area contributed by atoms with E-state index in [1.54, 1.807) is 0 Å². The van der Waals surface area contributed by atoms with Crippen LogP contribution in [0.1, 0.15) is 0 Å². The molecule has 0 aliphatic rings. The zero-order chi connectivity index (χ0) is 42.8. The van der Waals surface area contributed by atoms with Crippen LogP contribution in [0.5, 0.6) is 0 Å². The van der Waals surface area contributed by atoms with Crippen molar-refractivity contribution in [2.45, 2.75) is 0 Å². The van der Waals surface area contributed by atoms with Gasteiger partial charge >= 0.3 is 0 Å². The maximum absolute atomic E-state index is 6.95. The van der Waals surface area contributed by atoms with Crippen LogP contribution in [0.25, 0.3) is 132 Å². The van der Waals surface area contributed by atoms with Gasteiger partial charge in [-0.15, -0.1) is 0 Å². The Morgan fingerprint density at radius 1 is 0.231 bits per heavy atom. The molecule has 0 spiro atoms. The second-order valence-corrected chi connectivity index (χ2v) is 16.8. The molecule has 302 valence electrons. The molecule has 0 unspecified atom stereocenters. The molecule has 2 heterocycles. The van der Waals surface area contributed by atoms with Crippen molar-refractivity contribution in [3.8, 4) is 67.3 Å². The van der Waals surface area contributed by atoms with Crippen molar-refractivity contribution in [2.24, 2.45) is 0 Å². The molecular formula is C62H38N2O. The third kappa shape index (κ3) is 6.20. The summed E-state index contributed by atoms with van der Waals surface area (Å²) >= 11 is 0. The summed E-state index contributed by atoms with van der Waals surface area (Å²) in [6, 6.07) is 82.2. The van der Waals surface area contributed by atoms with Gasteiger partial charge in [0.05, 0.1) is 11.4 Å². The Morgan fingerprint density at radius 3 is 1.31 bits per heavy atom. The Hall–Kier alpha value is -8.66. The highest BCUT2D eigenvalue weighted by Gasteiger charge is 2.19. The molecule has 0 aliphatic heterocycles. The molecule has 0 N–H and O–H groups in total. The van der Waals surface area contributed by atoms with Crippen LogP contribution in [0, 0.1) is 0 Å². The molecular weight excluding hydrogens is 789 g/mol. The fourth-order valence-corrected chi connectivity index (χ4v) is 9.91. The summed E-state index contributed by atoms with van der Waals surface area (Å²) in [5.74, 6) is 0.711. The fourth-order valence-electron chi connectivity index (χ4n) is 9.91. The Bertz CT molecular complexity index is 3870. The fraction of sp³-hybridized carbons (Fsp3) is 0. The Labute approximate surface area is 375 Å². The lowest BCUT2D eigenvalue weighted by atomic mass is 9.90. The molecule has 3 nitrogen and oxygen atoms in total. The van der Waals surface area contributed by atoms with E-state index in [2.05, 4.69) is 194 Å². The molecule has 0 atom stereocenters. The minimum atomic E-state index is 0.711. The Kier molecular flexibility index (Phi) is 8.53. The van der Waals surface area contributed by atoms with Gasteiger partial charge in [-0.05, 0) is 83.7 Å². The van der Waals surface area contributed by atoms with E-state index in [0.717, 1.165) is 77.7 Å². The minimum absolute atomic E-state index is 0.711. The Morgan fingerprint density at radius 2 is 0.677 bits per heavy atom. The van der Waals surface area contributed by atoms with E-state index >= 15 is 0 Å². The van der Waals surface area contributed by atoms with Crippen molar-refractivity contribution in [3.05, 3.63) is 231 Å². The monoisotopic (exact) mass is 826 g/mol. The van der Waals surface area contributed by atoms with Gasteiger partial charge in [-0.3, -0.25) is 0 Å². The smallest absolute Gasteiger partial charge is 0.160 e. The molecule has 0 fully saturated rings. The Balaban J connectivity index is 0.868. The van der Waals surface area contributed by atoms with Gasteiger partial charge in [0.2, 0.25) is 0 Å². The van der Waals surface area contributed by atoms with Gasteiger partial charge in [-0.25, -0.2) is 9.97 Å². The number of benzene rings is 11. The molecule has 0 amide bonds. The first kappa shape index (κ1) is 36.9. The average molecular weight is 827 g/mol. The predicted octanol–water partition coefficient (Wildman–Crippen LogP) is 17.0. The standard InChI is InChI=1S/C62H38N2O/c1-3-14-42(15-4-1)58-38-59(64-62(63-58)44-16-5-2-6-17-44)43-32-28-40(29-33-43)39-26-30-41(31-27-39)46-24-13-25-54-57-37-55(51-22-11-12-23-53(51)61(57)65-60(46)54)45-34-35-52-49-20-8-7-18-47(49)48-19-9-10-21-50(48)56(52)36-45/h1-38H. The zero-order valence-corrected chi connectivity index (χ0v) is 35.2. The number of fused-ring (bicyclic) bond motifs is 11. The average Bonchev–Trinajstić information content (AvgIpc) is 3.78. The van der Waals surface area contributed by atoms with Crippen molar-refractivity contribution in [2.75, 3.05) is 0 Å². The summed E-state index contributed by atoms with van der Waals surface area (Å²) in [6.07, 6.45) is 0. The van der Waals surface area contributed by atoms with Crippen LogP contribution in [-0.2, 0) is 0 Å². The van der Waals surface area contributed by atoms with Crippen molar-refractivity contribution < 1.29 is 4.42 Å². The van der Waals surface area contributed by atoms with Crippen LogP contribution in [-0.4, -0.2) is 9.97 Å². The number of hydrogen-bond acceptors (Lipinski definition) is 3. The third-order valence-electron chi connectivity index (χ3n) is 13.1. The van der Waals surface area contributed by atoms with Crippen molar-refractivity contribution >= 4 is 65.0 Å². The van der Waals surface area contributed by atoms with Crippen LogP contribution >= 0.6 is 0 Å². The molecule has 11 aromatic carbocycles. The van der Waals surface area contributed by atoms with E-state index in [9.17, 15) is 0 Å². The number of nitrogens with zero attached hydrogens (tertiary/aromatic N) is 2. The third-order valence-corrected chi connectivity index (χ3v) is 13.1. The molecule has 0 bridgehead atoms. The van der Waals surface area contributed by atoms with Gasteiger partial charge in [0, 0.05) is 38.4 Å². The summed E-state index contributed by atoms with van der Waals surface area (Å²) in [4.78, 5) is 10.00. The molecule has 0 saturated heterocycles. The van der Waals surface area contributed by atoms with E-state index in [-0.39, 0.29) is 0 Å². The topological polar surface area (TPSA) is 38.9 Å². The van der Waals surface area contributed by atoms with E-state index in [4.69, 9.17) is 14.4 Å². The molecule has 65 heavy (non-hydrogen) atoms. The first-order valence-corrected chi connectivity index (χ1v) is 22.1. The summed E-state index contributed by atoms with van der Waals surface area (Å²) in [5, 5.41) is 12.2. The van der Waals surface area contributed by atoms with Crippen LogP contribution < -0.4 is 0 Å². The highest BCUT2D eigenvalue weighted by atomic mass is 16.3. The lowest BCUT2D eigenvalue weighted by Crippen LogP contribution is -1.95. The molecule has 2 aromatic heterocycles. The van der Waals surface area contributed by atoms with Crippen molar-refractivity contribution in [1.82, 2.24) is 9.97 Å². The van der Waals surface area contributed by atoms with Crippen LogP contribution in [0.4, 0.5) is 0 Å². The highest BCUT2D eigenvalue weighted by molar-refractivity contribution is 6.26. The van der Waals surface area contributed by atoms with E-state index in [0.29, 0.717) is 5.82 Å². The van der Waals surface area contributed by atoms with Gasteiger partial charge in [-0.1, -0.05) is 212 Å². The second-order valence-electron chi connectivity index (χ2n) is 16.8. The molecule has 3 heteroatoms. The molecule has 0 saturated carbocycles. The van der Waals surface area contributed by atoms with Crippen LogP contribution in [0.2, 0.25) is 0 Å². The molecule has 13 rings (SSSR count). The molecule has 0 radical (unpaired) electrons. The van der Waals surface area contributed by atoms with E-state index in [1.807, 2.05) is 36.4 Å². The van der Waals surface area contributed by atoms with Gasteiger partial charge in [0.15, 0.2) is 5.82 Å². The second kappa shape index (κ2) is 15.0. The van der Waals surface area contributed by atoms with Crippen molar-refractivity contribution in [1.29, 1.82) is 0 Å². The summed E-state index contributed by atoms with van der Waals surface area (Å²) < 4.78 is 6.95. The predicted molar refractivity (Wildman–Crippen MR) is 272 cm³/mol. The van der Waals surface area contributed by atoms with E-state index < -0.39 is 0 Å². The number of rotatable bonds is 6. The van der Waals surface area contributed by atoms with Gasteiger partial charge in [-0.2, -0.15) is 0 Å². The summed E-state index contributed by atoms with van der Waals surface area (Å²) in [6.45, 7) is 0. The zero-order valence-electron chi connectivity index (χ0n) is 35.2. The lowest BCUT2D eigenvalue weighted by Gasteiger charge is -2.13. The van der Waals surface area contributed by atoms with Crippen LogP contribution in [0.15, 0.2) is 235 Å². The maximum Gasteiger partial charge on any atom is 0.160 e. The normalized spacial score (nSPS) is 11.7. The first-order valence-electron chi connectivity index (χ1n) is 22.1. The summed E-state index contributed by atoms with van der Waals surface area (Å²) in [5.41, 5.74) is 13.5. The summed E-state index contributed by atoms with van der Waals surface area (Å²) in [7, 11) is 0. The van der Waals surface area contributed by atoms with Crippen molar-refractivity contribution in [3.63, 3.8) is 0 Å². The number of aromatic nitrogens is 2. The lowest BCUT2D eigenvalue weighted by molar-refractivity contribution is 0.674. The van der Waals surface area contributed by atoms with Gasteiger partial charge < -0.3 is 4.42 Å². The minimum Gasteiger partial charge on any atom is -0.455 e. The maximum atomic E-state index is 6.95. The molecule has 13 aromatic rings. The van der Waals surface area contributed by atoms with Gasteiger partial charge in [0.25, 0.3) is 0 Å². The number of furan rings is 1. The van der Waals surface area contributed by atoms with Crippen LogP contribution in [0.3, 0.4) is 0 Å². The largest absolute Gasteiger partial charge is 0.455 e. The highest BCUT2D eigenvalue weighted by Crippen LogP contribution is 2.44. The number of hydrogen-bond donors (Lipinski definition) is 0. The first-order chi connectivity index (χ1) is 32.2. The quantitative estimate of drug-likeness (QED) is 0.157. The molecule has 0 aliphatic carbocycles.